The summed E-state index contributed by atoms with van der Waals surface area (Å²) < 4.78 is 38.7. The predicted molar refractivity (Wildman–Crippen MR) is 78.2 cm³/mol. The van der Waals surface area contributed by atoms with Crippen molar-refractivity contribution < 1.29 is 13.2 Å². The number of halogens is 3. The Balaban J connectivity index is 2.22. The van der Waals surface area contributed by atoms with Gasteiger partial charge in [0.1, 0.15) is 0 Å². The van der Waals surface area contributed by atoms with Gasteiger partial charge < -0.3 is 5.32 Å². The molecule has 0 amide bonds. The molecule has 1 aromatic carbocycles. The van der Waals surface area contributed by atoms with E-state index >= 15 is 0 Å². The van der Waals surface area contributed by atoms with Gasteiger partial charge in [0.2, 0.25) is 0 Å². The van der Waals surface area contributed by atoms with Crippen molar-refractivity contribution in [1.29, 1.82) is 0 Å². The summed E-state index contributed by atoms with van der Waals surface area (Å²) in [6, 6.07) is 5.92. The molecule has 0 spiro atoms. The number of unbranched alkanes of at least 4 members (excludes halogenated alkanes) is 1. The predicted octanol–water partition coefficient (Wildman–Crippen LogP) is 3.84. The summed E-state index contributed by atoms with van der Waals surface area (Å²) in [6.45, 7) is 5.71. The van der Waals surface area contributed by atoms with Crippen LogP contribution in [0.1, 0.15) is 43.4 Å². The van der Waals surface area contributed by atoms with Crippen LogP contribution in [-0.2, 0) is 6.18 Å². The van der Waals surface area contributed by atoms with E-state index in [1.807, 2.05) is 6.07 Å². The molecule has 5 heteroatoms. The molecular weight excluding hydrogens is 277 g/mol. The highest BCUT2D eigenvalue weighted by molar-refractivity contribution is 5.28. The summed E-state index contributed by atoms with van der Waals surface area (Å²) in [6.07, 6.45) is -1.26. The first-order chi connectivity index (χ1) is 10.0. The minimum absolute atomic E-state index is 0.0920. The van der Waals surface area contributed by atoms with E-state index in [9.17, 15) is 13.2 Å². The first kappa shape index (κ1) is 16.3. The second kappa shape index (κ2) is 7.27. The van der Waals surface area contributed by atoms with E-state index in [-0.39, 0.29) is 6.04 Å². The maximum atomic E-state index is 12.9. The van der Waals surface area contributed by atoms with Gasteiger partial charge in [-0.3, -0.25) is 4.90 Å². The molecule has 21 heavy (non-hydrogen) atoms. The second-order valence-corrected chi connectivity index (χ2v) is 5.57. The van der Waals surface area contributed by atoms with E-state index in [0.717, 1.165) is 57.1 Å². The lowest BCUT2D eigenvalue weighted by Gasteiger charge is -2.35. The third kappa shape index (κ3) is 4.45. The van der Waals surface area contributed by atoms with Gasteiger partial charge in [-0.25, -0.2) is 0 Å². The highest BCUT2D eigenvalue weighted by Gasteiger charge is 2.31. The van der Waals surface area contributed by atoms with Gasteiger partial charge in [-0.1, -0.05) is 31.9 Å². The van der Waals surface area contributed by atoms with Crippen molar-refractivity contribution in [3.05, 3.63) is 35.4 Å². The van der Waals surface area contributed by atoms with Crippen LogP contribution in [0.15, 0.2) is 24.3 Å². The molecule has 0 bridgehead atoms. The first-order valence-electron chi connectivity index (χ1n) is 7.64. The largest absolute Gasteiger partial charge is 0.416 e. The SMILES string of the molecule is CCCC[C@@H](c1cccc(C(F)(F)F)c1)N1CCNCC1. The molecule has 1 aromatic rings. The Hall–Kier alpha value is -1.07. The van der Waals surface area contributed by atoms with E-state index in [4.69, 9.17) is 0 Å². The number of hydrogen-bond donors (Lipinski definition) is 1. The van der Waals surface area contributed by atoms with E-state index < -0.39 is 11.7 Å². The van der Waals surface area contributed by atoms with Crippen LogP contribution in [0.2, 0.25) is 0 Å². The monoisotopic (exact) mass is 300 g/mol. The number of benzene rings is 1. The zero-order valence-corrected chi connectivity index (χ0v) is 12.4. The van der Waals surface area contributed by atoms with Crippen molar-refractivity contribution in [2.45, 2.75) is 38.4 Å². The molecule has 1 aliphatic rings. The lowest BCUT2D eigenvalue weighted by molar-refractivity contribution is -0.137. The molecule has 0 aliphatic carbocycles. The van der Waals surface area contributed by atoms with Gasteiger partial charge in [-0.2, -0.15) is 13.2 Å². The number of nitrogens with zero attached hydrogens (tertiary/aromatic N) is 1. The molecule has 2 rings (SSSR count). The normalized spacial score (nSPS) is 18.7. The van der Waals surface area contributed by atoms with E-state index in [0.29, 0.717) is 0 Å². The molecular formula is C16H23F3N2. The zero-order chi connectivity index (χ0) is 15.3. The van der Waals surface area contributed by atoms with Crippen LogP contribution in [0.25, 0.3) is 0 Å². The molecule has 2 nitrogen and oxygen atoms in total. The molecule has 1 N–H and O–H groups in total. The molecule has 1 heterocycles. The van der Waals surface area contributed by atoms with E-state index in [1.54, 1.807) is 0 Å². The summed E-state index contributed by atoms with van der Waals surface area (Å²) in [5.41, 5.74) is 0.247. The first-order valence-corrected chi connectivity index (χ1v) is 7.64. The Bertz CT molecular complexity index is 439. The van der Waals surface area contributed by atoms with Crippen LogP contribution in [0, 0.1) is 0 Å². The maximum Gasteiger partial charge on any atom is 0.416 e. The van der Waals surface area contributed by atoms with E-state index in [2.05, 4.69) is 17.1 Å². The molecule has 0 aromatic heterocycles. The van der Waals surface area contributed by atoms with Crippen molar-refractivity contribution in [1.82, 2.24) is 10.2 Å². The summed E-state index contributed by atoms with van der Waals surface area (Å²) in [5.74, 6) is 0. The number of rotatable bonds is 5. The molecule has 0 unspecified atom stereocenters. The van der Waals surface area contributed by atoms with Crippen molar-refractivity contribution in [2.24, 2.45) is 0 Å². The lowest BCUT2D eigenvalue weighted by atomic mass is 9.97. The van der Waals surface area contributed by atoms with Crippen molar-refractivity contribution in [3.8, 4) is 0 Å². The number of piperazine rings is 1. The van der Waals surface area contributed by atoms with Gasteiger partial charge in [-0.15, -0.1) is 0 Å². The molecule has 0 radical (unpaired) electrons. The van der Waals surface area contributed by atoms with Crippen LogP contribution in [0.3, 0.4) is 0 Å². The van der Waals surface area contributed by atoms with Crippen LogP contribution in [0.5, 0.6) is 0 Å². The average molecular weight is 300 g/mol. The Morgan fingerprint density at radius 3 is 2.57 bits per heavy atom. The number of alkyl halides is 3. The summed E-state index contributed by atoms with van der Waals surface area (Å²) in [7, 11) is 0. The van der Waals surface area contributed by atoms with Gasteiger partial charge in [0, 0.05) is 32.2 Å². The average Bonchev–Trinajstić information content (AvgIpc) is 2.48. The fourth-order valence-electron chi connectivity index (χ4n) is 2.87. The number of hydrogen-bond acceptors (Lipinski definition) is 2. The van der Waals surface area contributed by atoms with Crippen LogP contribution < -0.4 is 5.32 Å². The van der Waals surface area contributed by atoms with Crippen LogP contribution >= 0.6 is 0 Å². The highest BCUT2D eigenvalue weighted by atomic mass is 19.4. The molecule has 1 aliphatic heterocycles. The second-order valence-electron chi connectivity index (χ2n) is 5.57. The van der Waals surface area contributed by atoms with Gasteiger partial charge in [0.05, 0.1) is 5.56 Å². The third-order valence-corrected chi connectivity index (χ3v) is 4.02. The maximum absolute atomic E-state index is 12.9. The highest BCUT2D eigenvalue weighted by Crippen LogP contribution is 2.33. The quantitative estimate of drug-likeness (QED) is 0.889. The summed E-state index contributed by atoms with van der Waals surface area (Å²) in [5, 5.41) is 3.29. The summed E-state index contributed by atoms with van der Waals surface area (Å²) >= 11 is 0. The smallest absolute Gasteiger partial charge is 0.314 e. The fraction of sp³-hybridized carbons (Fsp3) is 0.625. The molecule has 1 fully saturated rings. The Morgan fingerprint density at radius 1 is 1.24 bits per heavy atom. The minimum atomic E-state index is -4.27. The van der Waals surface area contributed by atoms with Crippen LogP contribution in [-0.4, -0.2) is 31.1 Å². The number of nitrogens with one attached hydrogen (secondary N) is 1. The summed E-state index contributed by atoms with van der Waals surface area (Å²) in [4.78, 5) is 2.31. The van der Waals surface area contributed by atoms with E-state index in [1.165, 1.54) is 12.1 Å². The zero-order valence-electron chi connectivity index (χ0n) is 12.4. The molecule has 1 saturated heterocycles. The minimum Gasteiger partial charge on any atom is -0.314 e. The van der Waals surface area contributed by atoms with Gasteiger partial charge in [0.15, 0.2) is 0 Å². The fourth-order valence-corrected chi connectivity index (χ4v) is 2.87. The van der Waals surface area contributed by atoms with Crippen molar-refractivity contribution >= 4 is 0 Å². The third-order valence-electron chi connectivity index (χ3n) is 4.02. The Morgan fingerprint density at radius 2 is 1.95 bits per heavy atom. The van der Waals surface area contributed by atoms with Gasteiger partial charge in [-0.05, 0) is 24.1 Å². The van der Waals surface area contributed by atoms with Crippen molar-refractivity contribution in [2.75, 3.05) is 26.2 Å². The van der Waals surface area contributed by atoms with Gasteiger partial charge >= 0.3 is 6.18 Å². The molecule has 1 atom stereocenters. The Kier molecular flexibility index (Phi) is 5.65. The molecule has 0 saturated carbocycles. The standard InChI is InChI=1S/C16H23F3N2/c1-2-3-7-15(21-10-8-20-9-11-21)13-5-4-6-14(12-13)16(17,18)19/h4-6,12,15,20H,2-3,7-11H2,1H3/t15-/m0/s1. The Labute approximate surface area is 124 Å². The van der Waals surface area contributed by atoms with Gasteiger partial charge in [0.25, 0.3) is 0 Å². The van der Waals surface area contributed by atoms with Crippen molar-refractivity contribution in [3.63, 3.8) is 0 Å². The lowest BCUT2D eigenvalue weighted by Crippen LogP contribution is -2.45. The topological polar surface area (TPSA) is 15.3 Å². The molecule has 118 valence electrons. The van der Waals surface area contributed by atoms with Crippen LogP contribution in [0.4, 0.5) is 13.2 Å².